The highest BCUT2D eigenvalue weighted by Gasteiger charge is 2.29. The minimum Gasteiger partial charge on any atom is -0.465 e. The van der Waals surface area contributed by atoms with Crippen LogP contribution < -0.4 is 5.32 Å². The molecule has 1 aliphatic heterocycles. The molecule has 1 atom stereocenters. The number of sulfonamides is 1. The van der Waals surface area contributed by atoms with E-state index in [0.29, 0.717) is 24.6 Å². The van der Waals surface area contributed by atoms with Crippen LogP contribution in [0.15, 0.2) is 29.2 Å². The van der Waals surface area contributed by atoms with E-state index in [-0.39, 0.29) is 25.9 Å². The number of nitriles is 1. The summed E-state index contributed by atoms with van der Waals surface area (Å²) in [6.07, 6.45) is 1.84. The predicted octanol–water partition coefficient (Wildman–Crippen LogP) is 3.39. The van der Waals surface area contributed by atoms with Crippen LogP contribution in [0.3, 0.4) is 0 Å². The van der Waals surface area contributed by atoms with Gasteiger partial charge >= 0.3 is 5.97 Å². The number of carbonyl (C=O) groups excluding carboxylic acids is 2. The highest BCUT2D eigenvalue weighted by molar-refractivity contribution is 7.89. The summed E-state index contributed by atoms with van der Waals surface area (Å²) in [7, 11) is -2.37. The van der Waals surface area contributed by atoms with Gasteiger partial charge in [-0.1, -0.05) is 6.92 Å². The van der Waals surface area contributed by atoms with Crippen LogP contribution in [-0.2, 0) is 14.8 Å². The Morgan fingerprint density at radius 2 is 1.97 bits per heavy atom. The Labute approximate surface area is 185 Å². The molecule has 2 heterocycles. The van der Waals surface area contributed by atoms with E-state index in [4.69, 9.17) is 4.74 Å². The van der Waals surface area contributed by atoms with Gasteiger partial charge in [0.25, 0.3) is 5.91 Å². The monoisotopic (exact) mass is 461 g/mol. The number of benzene rings is 1. The SMILES string of the molecule is COC(=O)c1sc(NC(=O)c2ccc(S(=O)(=O)N3CCCC(C)C3)cc2)c(C#N)c1C. The van der Waals surface area contributed by atoms with Gasteiger partial charge in [0, 0.05) is 18.7 Å². The molecule has 0 saturated carbocycles. The third-order valence-electron chi connectivity index (χ3n) is 5.23. The number of rotatable bonds is 5. The van der Waals surface area contributed by atoms with Gasteiger partial charge in [-0.2, -0.15) is 9.57 Å². The number of hydrogen-bond donors (Lipinski definition) is 1. The highest BCUT2D eigenvalue weighted by Crippen LogP contribution is 2.33. The quantitative estimate of drug-likeness (QED) is 0.682. The summed E-state index contributed by atoms with van der Waals surface area (Å²) in [5.41, 5.74) is 0.865. The van der Waals surface area contributed by atoms with Gasteiger partial charge in [0.1, 0.15) is 15.9 Å². The lowest BCUT2D eigenvalue weighted by atomic mass is 10.0. The number of esters is 1. The van der Waals surface area contributed by atoms with Crippen molar-refractivity contribution in [3.05, 3.63) is 45.8 Å². The van der Waals surface area contributed by atoms with E-state index in [1.165, 1.54) is 35.7 Å². The average Bonchev–Trinajstić information content (AvgIpc) is 3.08. The molecule has 1 saturated heterocycles. The summed E-state index contributed by atoms with van der Waals surface area (Å²) < 4.78 is 31.9. The minimum atomic E-state index is -3.61. The summed E-state index contributed by atoms with van der Waals surface area (Å²) in [6.45, 7) is 4.62. The second-order valence-electron chi connectivity index (χ2n) is 7.45. The molecule has 0 aliphatic carbocycles. The zero-order valence-electron chi connectivity index (χ0n) is 17.5. The fourth-order valence-electron chi connectivity index (χ4n) is 3.49. The Kier molecular flexibility index (Phi) is 6.79. The number of thiophene rings is 1. The van der Waals surface area contributed by atoms with Crippen molar-refractivity contribution >= 4 is 38.2 Å². The van der Waals surface area contributed by atoms with E-state index in [1.54, 1.807) is 6.92 Å². The number of anilines is 1. The molecule has 1 N–H and O–H groups in total. The Morgan fingerprint density at radius 1 is 1.29 bits per heavy atom. The molecule has 8 nitrogen and oxygen atoms in total. The molecule has 0 spiro atoms. The highest BCUT2D eigenvalue weighted by atomic mass is 32.2. The Hall–Kier alpha value is -2.74. The summed E-state index contributed by atoms with van der Waals surface area (Å²) >= 11 is 0.961. The van der Waals surface area contributed by atoms with Crippen LogP contribution in [0.1, 0.15) is 50.9 Å². The maximum Gasteiger partial charge on any atom is 0.348 e. The zero-order valence-corrected chi connectivity index (χ0v) is 19.1. The molecule has 31 heavy (non-hydrogen) atoms. The zero-order chi connectivity index (χ0) is 22.8. The number of methoxy groups -OCH3 is 1. The van der Waals surface area contributed by atoms with Crippen LogP contribution in [0.5, 0.6) is 0 Å². The summed E-state index contributed by atoms with van der Waals surface area (Å²) in [5, 5.41) is 12.3. The van der Waals surface area contributed by atoms with E-state index in [2.05, 4.69) is 5.32 Å². The fraction of sp³-hybridized carbons (Fsp3) is 0.381. The molecule has 2 aromatic rings. The lowest BCUT2D eigenvalue weighted by Gasteiger charge is -2.30. The summed E-state index contributed by atoms with van der Waals surface area (Å²) in [6, 6.07) is 7.68. The average molecular weight is 462 g/mol. The van der Waals surface area contributed by atoms with Gasteiger partial charge in [-0.3, -0.25) is 4.79 Å². The number of nitrogens with zero attached hydrogens (tertiary/aromatic N) is 2. The van der Waals surface area contributed by atoms with Crippen LogP contribution in [0.4, 0.5) is 5.00 Å². The smallest absolute Gasteiger partial charge is 0.348 e. The Bertz CT molecular complexity index is 1150. The Balaban J connectivity index is 1.80. The van der Waals surface area contributed by atoms with E-state index < -0.39 is 21.9 Å². The van der Waals surface area contributed by atoms with E-state index >= 15 is 0 Å². The van der Waals surface area contributed by atoms with Gasteiger partial charge in [-0.25, -0.2) is 13.2 Å². The summed E-state index contributed by atoms with van der Waals surface area (Å²) in [5.74, 6) is -0.780. The van der Waals surface area contributed by atoms with Gasteiger partial charge in [0.2, 0.25) is 10.0 Å². The van der Waals surface area contributed by atoms with Crippen molar-refractivity contribution < 1.29 is 22.7 Å². The molecule has 1 fully saturated rings. The number of ether oxygens (including phenoxy) is 1. The van der Waals surface area contributed by atoms with Crippen molar-refractivity contribution in [2.75, 3.05) is 25.5 Å². The summed E-state index contributed by atoms with van der Waals surface area (Å²) in [4.78, 5) is 24.9. The molecule has 1 unspecified atom stereocenters. The van der Waals surface area contributed by atoms with Crippen molar-refractivity contribution in [3.63, 3.8) is 0 Å². The maximum atomic E-state index is 12.9. The maximum absolute atomic E-state index is 12.9. The normalized spacial score (nSPS) is 17.0. The van der Waals surface area contributed by atoms with E-state index in [0.717, 1.165) is 24.2 Å². The van der Waals surface area contributed by atoms with Crippen molar-refractivity contribution in [2.45, 2.75) is 31.6 Å². The predicted molar refractivity (Wildman–Crippen MR) is 117 cm³/mol. The van der Waals surface area contributed by atoms with E-state index in [9.17, 15) is 23.3 Å². The van der Waals surface area contributed by atoms with Crippen LogP contribution in [-0.4, -0.2) is 44.8 Å². The third-order valence-corrected chi connectivity index (χ3v) is 8.30. The van der Waals surface area contributed by atoms with Gasteiger partial charge in [-0.05, 0) is 55.5 Å². The number of hydrogen-bond acceptors (Lipinski definition) is 7. The van der Waals surface area contributed by atoms with Gasteiger partial charge < -0.3 is 10.1 Å². The molecule has 1 aromatic carbocycles. The molecule has 1 aromatic heterocycles. The third kappa shape index (κ3) is 4.63. The first kappa shape index (κ1) is 22.9. The van der Waals surface area contributed by atoms with Crippen molar-refractivity contribution in [3.8, 4) is 6.07 Å². The number of amides is 1. The molecular formula is C21H23N3O5S2. The fourth-order valence-corrected chi connectivity index (χ4v) is 6.16. The second kappa shape index (κ2) is 9.18. The van der Waals surface area contributed by atoms with Crippen molar-refractivity contribution in [2.24, 2.45) is 5.92 Å². The first-order valence-electron chi connectivity index (χ1n) is 9.72. The number of carbonyl (C=O) groups is 2. The molecular weight excluding hydrogens is 438 g/mol. The van der Waals surface area contributed by atoms with Crippen molar-refractivity contribution in [1.82, 2.24) is 4.31 Å². The standard InChI is InChI=1S/C21H23N3O5S2/c1-13-5-4-10-24(12-13)31(27,28)16-8-6-15(7-9-16)19(25)23-20-17(11-22)14(2)18(30-20)21(26)29-3/h6-9,13H,4-5,10,12H2,1-3H3,(H,23,25). The molecule has 10 heteroatoms. The first-order chi connectivity index (χ1) is 14.7. The van der Waals surface area contributed by atoms with Crippen LogP contribution in [0.2, 0.25) is 0 Å². The largest absolute Gasteiger partial charge is 0.465 e. The molecule has 0 bridgehead atoms. The minimum absolute atomic E-state index is 0.135. The van der Waals surface area contributed by atoms with E-state index in [1.807, 2.05) is 13.0 Å². The van der Waals surface area contributed by atoms with Crippen LogP contribution in [0, 0.1) is 24.2 Å². The lowest BCUT2D eigenvalue weighted by Crippen LogP contribution is -2.39. The number of piperidine rings is 1. The van der Waals surface area contributed by atoms with Crippen LogP contribution in [0.25, 0.3) is 0 Å². The first-order valence-corrected chi connectivity index (χ1v) is 12.0. The van der Waals surface area contributed by atoms with Crippen molar-refractivity contribution in [1.29, 1.82) is 5.26 Å². The molecule has 1 amide bonds. The Morgan fingerprint density at radius 3 is 2.55 bits per heavy atom. The van der Waals surface area contributed by atoms with Gasteiger partial charge in [0.15, 0.2) is 0 Å². The molecule has 0 radical (unpaired) electrons. The molecule has 164 valence electrons. The van der Waals surface area contributed by atoms with Crippen LogP contribution >= 0.6 is 11.3 Å². The topological polar surface area (TPSA) is 117 Å². The number of nitrogens with one attached hydrogen (secondary N) is 1. The van der Waals surface area contributed by atoms with Gasteiger partial charge in [-0.15, -0.1) is 11.3 Å². The second-order valence-corrected chi connectivity index (χ2v) is 10.4. The van der Waals surface area contributed by atoms with Gasteiger partial charge in [0.05, 0.1) is 17.6 Å². The lowest BCUT2D eigenvalue weighted by molar-refractivity contribution is 0.0605. The molecule has 3 rings (SSSR count). The molecule has 1 aliphatic rings.